The van der Waals surface area contributed by atoms with Crippen LogP contribution in [0.3, 0.4) is 0 Å². The lowest BCUT2D eigenvalue weighted by Gasteiger charge is -2.21. The van der Waals surface area contributed by atoms with Crippen LogP contribution in [0.4, 0.5) is 20.9 Å². The number of rotatable bonds is 6. The second kappa shape index (κ2) is 8.05. The van der Waals surface area contributed by atoms with Gasteiger partial charge in [0.2, 0.25) is 0 Å². The first-order valence-electron chi connectivity index (χ1n) is 9.60. The van der Waals surface area contributed by atoms with E-state index >= 15 is 0 Å². The van der Waals surface area contributed by atoms with Gasteiger partial charge in [-0.05, 0) is 44.9 Å². The summed E-state index contributed by atoms with van der Waals surface area (Å²) in [6.07, 6.45) is 2.18. The fourth-order valence-corrected chi connectivity index (χ4v) is 5.73. The maximum absolute atomic E-state index is 14.5. The summed E-state index contributed by atoms with van der Waals surface area (Å²) in [5.74, 6) is -0.691. The summed E-state index contributed by atoms with van der Waals surface area (Å²) in [6, 6.07) is 6.81. The Kier molecular flexibility index (Phi) is 5.50. The van der Waals surface area contributed by atoms with Crippen LogP contribution < -0.4 is 15.1 Å². The van der Waals surface area contributed by atoms with E-state index in [9.17, 15) is 9.18 Å². The van der Waals surface area contributed by atoms with Crippen molar-refractivity contribution in [2.75, 3.05) is 41.3 Å². The molecule has 1 fully saturated rings. The number of nitrogens with zero attached hydrogens (tertiary/aromatic N) is 3. The van der Waals surface area contributed by atoms with E-state index in [1.165, 1.54) is 17.4 Å². The molecule has 0 saturated carbocycles. The molecule has 3 heterocycles. The number of thiazole rings is 1. The smallest absolute Gasteiger partial charge is 0.265 e. The maximum atomic E-state index is 14.5. The molecule has 148 valence electrons. The van der Waals surface area contributed by atoms with Crippen LogP contribution in [0, 0.1) is 5.82 Å². The van der Waals surface area contributed by atoms with Crippen molar-refractivity contribution in [3.8, 4) is 0 Å². The summed E-state index contributed by atoms with van der Waals surface area (Å²) in [6.45, 7) is 7.78. The molecule has 28 heavy (non-hydrogen) atoms. The predicted octanol–water partition coefficient (Wildman–Crippen LogP) is 5.20. The fourth-order valence-electron chi connectivity index (χ4n) is 3.50. The van der Waals surface area contributed by atoms with Gasteiger partial charge in [0, 0.05) is 26.2 Å². The normalized spacial score (nSPS) is 14.0. The quantitative estimate of drug-likeness (QED) is 0.598. The summed E-state index contributed by atoms with van der Waals surface area (Å²) in [7, 11) is 0. The number of benzene rings is 1. The van der Waals surface area contributed by atoms with Crippen molar-refractivity contribution < 1.29 is 9.18 Å². The van der Waals surface area contributed by atoms with Crippen molar-refractivity contribution >= 4 is 54.6 Å². The van der Waals surface area contributed by atoms with Gasteiger partial charge in [0.1, 0.15) is 16.3 Å². The lowest BCUT2D eigenvalue weighted by molar-refractivity contribution is 0.103. The van der Waals surface area contributed by atoms with Gasteiger partial charge in [-0.25, -0.2) is 9.37 Å². The van der Waals surface area contributed by atoms with E-state index in [-0.39, 0.29) is 11.6 Å². The molecule has 0 radical (unpaired) electrons. The SMILES string of the molecule is CCN(CC)c1nc2sc(C(=O)Nc3c(F)cccc3N3CCCC3)cc2s1. The third-order valence-electron chi connectivity index (χ3n) is 5.01. The zero-order valence-electron chi connectivity index (χ0n) is 16.0. The first kappa shape index (κ1) is 19.1. The van der Waals surface area contributed by atoms with Crippen LogP contribution >= 0.6 is 22.7 Å². The Morgan fingerprint density at radius 3 is 2.68 bits per heavy atom. The standard InChI is InChI=1S/C20H23FN4OS2/c1-3-24(4-2)20-23-19-16(28-20)12-15(27-19)18(26)22-17-13(21)8-7-9-14(17)25-10-5-6-11-25/h7-9,12H,3-6,10-11H2,1-2H3,(H,22,26). The van der Waals surface area contributed by atoms with Gasteiger partial charge in [-0.1, -0.05) is 17.4 Å². The minimum absolute atomic E-state index is 0.267. The van der Waals surface area contributed by atoms with Crippen molar-refractivity contribution in [3.05, 3.63) is 35.0 Å². The molecule has 0 unspecified atom stereocenters. The Balaban J connectivity index is 1.58. The zero-order valence-corrected chi connectivity index (χ0v) is 17.6. The number of anilines is 3. The van der Waals surface area contributed by atoms with Gasteiger partial charge in [-0.2, -0.15) is 0 Å². The highest BCUT2D eigenvalue weighted by atomic mass is 32.1. The van der Waals surface area contributed by atoms with E-state index in [0.717, 1.165) is 59.4 Å². The van der Waals surface area contributed by atoms with E-state index < -0.39 is 5.82 Å². The maximum Gasteiger partial charge on any atom is 0.265 e. The summed E-state index contributed by atoms with van der Waals surface area (Å²) >= 11 is 2.94. The van der Waals surface area contributed by atoms with Gasteiger partial charge >= 0.3 is 0 Å². The number of nitrogens with one attached hydrogen (secondary N) is 1. The van der Waals surface area contributed by atoms with Crippen LogP contribution in [0.1, 0.15) is 36.4 Å². The Morgan fingerprint density at radius 1 is 1.25 bits per heavy atom. The Morgan fingerprint density at radius 2 is 2.00 bits per heavy atom. The lowest BCUT2D eigenvalue weighted by Crippen LogP contribution is -2.21. The molecular weight excluding hydrogens is 395 g/mol. The first-order chi connectivity index (χ1) is 13.6. The highest BCUT2D eigenvalue weighted by Crippen LogP contribution is 2.36. The molecule has 0 atom stereocenters. The summed E-state index contributed by atoms with van der Waals surface area (Å²) in [5.41, 5.74) is 1.02. The first-order valence-corrected chi connectivity index (χ1v) is 11.2. The van der Waals surface area contributed by atoms with Crippen LogP contribution in [0.2, 0.25) is 0 Å². The van der Waals surface area contributed by atoms with Gasteiger partial charge in [-0.3, -0.25) is 4.79 Å². The van der Waals surface area contributed by atoms with Crippen molar-refractivity contribution in [1.82, 2.24) is 4.98 Å². The third kappa shape index (κ3) is 3.58. The van der Waals surface area contributed by atoms with Crippen LogP contribution in [0.15, 0.2) is 24.3 Å². The van der Waals surface area contributed by atoms with E-state index in [1.807, 2.05) is 12.1 Å². The molecule has 5 nitrogen and oxygen atoms in total. The summed E-state index contributed by atoms with van der Waals surface area (Å²) < 4.78 is 15.5. The highest BCUT2D eigenvalue weighted by molar-refractivity contribution is 7.29. The molecule has 8 heteroatoms. The lowest BCUT2D eigenvalue weighted by atomic mass is 10.2. The molecule has 1 aliphatic heterocycles. The topological polar surface area (TPSA) is 48.5 Å². The number of thiophene rings is 1. The molecule has 0 bridgehead atoms. The van der Waals surface area contributed by atoms with E-state index in [1.54, 1.807) is 17.4 Å². The second-order valence-electron chi connectivity index (χ2n) is 6.73. The van der Waals surface area contributed by atoms with Gasteiger partial charge in [0.25, 0.3) is 5.91 Å². The fraction of sp³-hybridized carbons (Fsp3) is 0.400. The van der Waals surface area contributed by atoms with Gasteiger partial charge < -0.3 is 15.1 Å². The van der Waals surface area contributed by atoms with Crippen molar-refractivity contribution in [1.29, 1.82) is 0 Å². The average Bonchev–Trinajstić information content (AvgIpc) is 3.40. The molecule has 1 saturated heterocycles. The molecule has 1 aliphatic rings. The van der Waals surface area contributed by atoms with Gasteiger partial charge in [0.15, 0.2) is 5.13 Å². The number of carbonyl (C=O) groups is 1. The van der Waals surface area contributed by atoms with Crippen molar-refractivity contribution in [3.63, 3.8) is 0 Å². The molecule has 0 spiro atoms. The Labute approximate surface area is 171 Å². The Hall–Kier alpha value is -2.19. The largest absolute Gasteiger partial charge is 0.370 e. The van der Waals surface area contributed by atoms with Crippen LogP contribution in [0.5, 0.6) is 0 Å². The van der Waals surface area contributed by atoms with E-state index in [2.05, 4.69) is 33.9 Å². The number of aromatic nitrogens is 1. The highest BCUT2D eigenvalue weighted by Gasteiger charge is 2.22. The number of halogens is 1. The van der Waals surface area contributed by atoms with Crippen LogP contribution in [-0.4, -0.2) is 37.1 Å². The predicted molar refractivity (Wildman–Crippen MR) is 117 cm³/mol. The second-order valence-corrected chi connectivity index (χ2v) is 8.77. The van der Waals surface area contributed by atoms with E-state index in [4.69, 9.17) is 0 Å². The third-order valence-corrected chi connectivity index (χ3v) is 7.23. The number of carbonyl (C=O) groups excluding carboxylic acids is 1. The van der Waals surface area contributed by atoms with Crippen molar-refractivity contribution in [2.24, 2.45) is 0 Å². The minimum atomic E-state index is -0.405. The summed E-state index contributed by atoms with van der Waals surface area (Å²) in [4.78, 5) is 23.2. The van der Waals surface area contributed by atoms with Gasteiger partial charge in [0.05, 0.1) is 15.3 Å². The van der Waals surface area contributed by atoms with Crippen LogP contribution in [0.25, 0.3) is 9.53 Å². The van der Waals surface area contributed by atoms with Gasteiger partial charge in [-0.15, -0.1) is 11.3 Å². The molecule has 1 N–H and O–H groups in total. The molecule has 0 aliphatic carbocycles. The molecule has 4 rings (SSSR count). The number of fused-ring (bicyclic) bond motifs is 1. The monoisotopic (exact) mass is 418 g/mol. The Bertz CT molecular complexity index is 958. The molecule has 1 aromatic carbocycles. The number of amides is 1. The van der Waals surface area contributed by atoms with E-state index in [0.29, 0.717) is 4.88 Å². The number of hydrogen-bond donors (Lipinski definition) is 1. The molecular formula is C20H23FN4OS2. The number of para-hydroxylation sites is 1. The minimum Gasteiger partial charge on any atom is -0.370 e. The average molecular weight is 419 g/mol. The zero-order chi connectivity index (χ0) is 19.7. The number of hydrogen-bond acceptors (Lipinski definition) is 6. The summed E-state index contributed by atoms with van der Waals surface area (Å²) in [5, 5.41) is 3.78. The van der Waals surface area contributed by atoms with Crippen molar-refractivity contribution in [2.45, 2.75) is 26.7 Å². The van der Waals surface area contributed by atoms with Crippen LogP contribution in [-0.2, 0) is 0 Å². The molecule has 3 aromatic rings. The molecule has 2 aromatic heterocycles. The molecule has 1 amide bonds.